The number of hydrogen-bond acceptors (Lipinski definition) is 5. The molecule has 0 saturated carbocycles. The zero-order valence-corrected chi connectivity index (χ0v) is 14.1. The lowest BCUT2D eigenvalue weighted by Gasteiger charge is -2.08. The van der Waals surface area contributed by atoms with E-state index < -0.39 is 0 Å². The second kappa shape index (κ2) is 7.89. The summed E-state index contributed by atoms with van der Waals surface area (Å²) in [6.45, 7) is 1.45. The number of carbonyl (C=O) groups is 2. The van der Waals surface area contributed by atoms with Gasteiger partial charge in [0.1, 0.15) is 0 Å². The van der Waals surface area contributed by atoms with Gasteiger partial charge in [0, 0.05) is 36.4 Å². The maximum absolute atomic E-state index is 12.2. The molecule has 2 amide bonds. The van der Waals surface area contributed by atoms with E-state index in [9.17, 15) is 9.59 Å². The zero-order valence-electron chi connectivity index (χ0n) is 14.1. The van der Waals surface area contributed by atoms with Gasteiger partial charge in [0.15, 0.2) is 0 Å². The van der Waals surface area contributed by atoms with Gasteiger partial charge in [-0.25, -0.2) is 9.97 Å². The number of nitrogens with one attached hydrogen (secondary N) is 3. The summed E-state index contributed by atoms with van der Waals surface area (Å²) < 4.78 is 0. The molecule has 3 rings (SSSR count). The van der Waals surface area contributed by atoms with Crippen molar-refractivity contribution in [2.24, 2.45) is 0 Å². The lowest BCUT2D eigenvalue weighted by atomic mass is 10.2. The first kappa shape index (κ1) is 17.1. The van der Waals surface area contributed by atoms with Crippen LogP contribution in [0.5, 0.6) is 0 Å². The number of rotatable bonds is 5. The Labute approximate surface area is 150 Å². The minimum absolute atomic E-state index is 0.126. The van der Waals surface area contributed by atoms with Crippen molar-refractivity contribution in [1.82, 2.24) is 9.97 Å². The molecule has 130 valence electrons. The van der Waals surface area contributed by atoms with Gasteiger partial charge in [-0.1, -0.05) is 18.2 Å². The summed E-state index contributed by atoms with van der Waals surface area (Å²) >= 11 is 0. The summed E-state index contributed by atoms with van der Waals surface area (Å²) in [5.74, 6) is -0.0330. The highest BCUT2D eigenvalue weighted by atomic mass is 16.2. The third-order valence-corrected chi connectivity index (χ3v) is 3.41. The molecule has 0 fully saturated rings. The number of benzene rings is 2. The van der Waals surface area contributed by atoms with Crippen molar-refractivity contribution < 1.29 is 9.59 Å². The highest BCUT2D eigenvalue weighted by Gasteiger charge is 2.08. The molecule has 0 atom stereocenters. The molecule has 3 N–H and O–H groups in total. The molecule has 0 saturated heterocycles. The lowest BCUT2D eigenvalue weighted by Crippen LogP contribution is -2.13. The van der Waals surface area contributed by atoms with Crippen LogP contribution in [0, 0.1) is 0 Å². The maximum Gasteiger partial charge on any atom is 0.258 e. The molecular formula is C19H17N5O2. The van der Waals surface area contributed by atoms with Gasteiger partial charge in [-0.3, -0.25) is 9.59 Å². The van der Waals surface area contributed by atoms with Crippen LogP contribution in [0.2, 0.25) is 0 Å². The standard InChI is InChI=1S/C19H17N5O2/c1-13(25)22-16-7-9-17(10-8-16)24-19-20-11-14(12-21-19)18(26)23-15-5-3-2-4-6-15/h2-12H,1H3,(H,22,25)(H,23,26)(H,20,21,24). The highest BCUT2D eigenvalue weighted by molar-refractivity contribution is 6.03. The van der Waals surface area contributed by atoms with Crippen LogP contribution in [-0.2, 0) is 4.79 Å². The molecule has 7 nitrogen and oxygen atoms in total. The fourth-order valence-electron chi connectivity index (χ4n) is 2.20. The summed E-state index contributed by atoms with van der Waals surface area (Å²) in [4.78, 5) is 31.5. The van der Waals surface area contributed by atoms with E-state index in [1.54, 1.807) is 36.4 Å². The molecule has 3 aromatic rings. The number of hydrogen-bond donors (Lipinski definition) is 3. The number of carbonyl (C=O) groups excluding carboxylic acids is 2. The topological polar surface area (TPSA) is 96.0 Å². The predicted molar refractivity (Wildman–Crippen MR) is 100 cm³/mol. The average Bonchev–Trinajstić information content (AvgIpc) is 2.64. The van der Waals surface area contributed by atoms with E-state index in [0.29, 0.717) is 22.9 Å². The summed E-state index contributed by atoms with van der Waals surface area (Å²) in [6.07, 6.45) is 2.92. The van der Waals surface area contributed by atoms with Crippen LogP contribution in [0.3, 0.4) is 0 Å². The Hall–Kier alpha value is -3.74. The van der Waals surface area contributed by atoms with E-state index in [0.717, 1.165) is 5.69 Å². The molecule has 1 heterocycles. The van der Waals surface area contributed by atoms with E-state index in [-0.39, 0.29) is 11.8 Å². The van der Waals surface area contributed by atoms with Crippen LogP contribution in [0.4, 0.5) is 23.0 Å². The molecule has 0 aliphatic rings. The third kappa shape index (κ3) is 4.64. The second-order valence-corrected chi connectivity index (χ2v) is 5.50. The Bertz CT molecular complexity index is 893. The van der Waals surface area contributed by atoms with Gasteiger partial charge in [-0.05, 0) is 36.4 Å². The van der Waals surface area contributed by atoms with Crippen LogP contribution < -0.4 is 16.0 Å². The van der Waals surface area contributed by atoms with E-state index in [1.807, 2.05) is 18.2 Å². The molecule has 0 aliphatic heterocycles. The predicted octanol–water partition coefficient (Wildman–Crippen LogP) is 3.43. The van der Waals surface area contributed by atoms with Gasteiger partial charge >= 0.3 is 0 Å². The molecule has 26 heavy (non-hydrogen) atoms. The molecule has 0 spiro atoms. The number of nitrogens with zero attached hydrogens (tertiary/aromatic N) is 2. The van der Waals surface area contributed by atoms with E-state index >= 15 is 0 Å². The van der Waals surface area contributed by atoms with Crippen LogP contribution in [0.15, 0.2) is 67.0 Å². The minimum Gasteiger partial charge on any atom is -0.326 e. The van der Waals surface area contributed by atoms with Crippen LogP contribution in [0.25, 0.3) is 0 Å². The first-order valence-electron chi connectivity index (χ1n) is 7.93. The Kier molecular flexibility index (Phi) is 5.19. The summed E-state index contributed by atoms with van der Waals surface area (Å²) in [5.41, 5.74) is 2.54. The normalized spacial score (nSPS) is 10.0. The number of aromatic nitrogens is 2. The van der Waals surface area contributed by atoms with Gasteiger partial charge in [0.25, 0.3) is 5.91 Å². The van der Waals surface area contributed by atoms with Gasteiger partial charge < -0.3 is 16.0 Å². The molecule has 7 heteroatoms. The summed E-state index contributed by atoms with van der Waals surface area (Å²) in [6, 6.07) is 16.3. The van der Waals surface area contributed by atoms with Crippen LogP contribution in [0.1, 0.15) is 17.3 Å². The van der Waals surface area contributed by atoms with Crippen LogP contribution >= 0.6 is 0 Å². The van der Waals surface area contributed by atoms with Crippen molar-refractivity contribution in [3.63, 3.8) is 0 Å². The zero-order chi connectivity index (χ0) is 18.4. The first-order chi connectivity index (χ1) is 12.6. The molecule has 2 aromatic carbocycles. The second-order valence-electron chi connectivity index (χ2n) is 5.50. The van der Waals surface area contributed by atoms with Gasteiger partial charge in [-0.15, -0.1) is 0 Å². The number of amides is 2. The quantitative estimate of drug-likeness (QED) is 0.657. The fourth-order valence-corrected chi connectivity index (χ4v) is 2.20. The van der Waals surface area contributed by atoms with Gasteiger partial charge in [0.2, 0.25) is 11.9 Å². The number of anilines is 4. The highest BCUT2D eigenvalue weighted by Crippen LogP contribution is 2.16. The Balaban J connectivity index is 1.62. The van der Waals surface area contributed by atoms with Gasteiger partial charge in [0.05, 0.1) is 5.56 Å². The third-order valence-electron chi connectivity index (χ3n) is 3.41. The van der Waals surface area contributed by atoms with Gasteiger partial charge in [-0.2, -0.15) is 0 Å². The maximum atomic E-state index is 12.2. The fraction of sp³-hybridized carbons (Fsp3) is 0.0526. The Morgan fingerprint density at radius 2 is 1.35 bits per heavy atom. The molecule has 0 unspecified atom stereocenters. The first-order valence-corrected chi connectivity index (χ1v) is 7.93. The molecular weight excluding hydrogens is 330 g/mol. The largest absolute Gasteiger partial charge is 0.326 e. The molecule has 0 bridgehead atoms. The SMILES string of the molecule is CC(=O)Nc1ccc(Nc2ncc(C(=O)Nc3ccccc3)cn2)cc1. The molecule has 0 radical (unpaired) electrons. The van der Waals surface area contributed by atoms with Crippen LogP contribution in [-0.4, -0.2) is 21.8 Å². The van der Waals surface area contributed by atoms with E-state index in [4.69, 9.17) is 0 Å². The average molecular weight is 347 g/mol. The smallest absolute Gasteiger partial charge is 0.258 e. The number of para-hydroxylation sites is 1. The summed E-state index contributed by atoms with van der Waals surface area (Å²) in [5, 5.41) is 8.50. The Morgan fingerprint density at radius 3 is 1.96 bits per heavy atom. The Morgan fingerprint density at radius 1 is 0.769 bits per heavy atom. The van der Waals surface area contributed by atoms with Crippen molar-refractivity contribution in [2.75, 3.05) is 16.0 Å². The lowest BCUT2D eigenvalue weighted by molar-refractivity contribution is -0.114. The monoisotopic (exact) mass is 347 g/mol. The summed E-state index contributed by atoms with van der Waals surface area (Å²) in [7, 11) is 0. The van der Waals surface area contributed by atoms with E-state index in [2.05, 4.69) is 25.9 Å². The molecule has 0 aliphatic carbocycles. The van der Waals surface area contributed by atoms with E-state index in [1.165, 1.54) is 19.3 Å². The van der Waals surface area contributed by atoms with Crippen molar-refractivity contribution in [3.05, 3.63) is 72.6 Å². The van der Waals surface area contributed by atoms with Crippen molar-refractivity contribution in [2.45, 2.75) is 6.92 Å². The minimum atomic E-state index is -0.276. The van der Waals surface area contributed by atoms with Crippen molar-refractivity contribution in [1.29, 1.82) is 0 Å². The van der Waals surface area contributed by atoms with Crippen molar-refractivity contribution >= 4 is 34.8 Å². The van der Waals surface area contributed by atoms with Crippen molar-refractivity contribution in [3.8, 4) is 0 Å². The molecule has 1 aromatic heterocycles.